The molecule has 0 aliphatic rings. The highest BCUT2D eigenvalue weighted by Gasteiger charge is 2.29. The maximum Gasteiger partial charge on any atom is 0.408 e. The Balaban J connectivity index is 2.70. The van der Waals surface area contributed by atoms with E-state index in [0.717, 1.165) is 6.20 Å². The molecular weight excluding hydrogens is 315 g/mol. The van der Waals surface area contributed by atoms with Gasteiger partial charge in [0.2, 0.25) is 0 Å². The summed E-state index contributed by atoms with van der Waals surface area (Å²) in [4.78, 5) is 11.6. The van der Waals surface area contributed by atoms with E-state index in [9.17, 15) is 23.1 Å². The molecule has 2 N–H and O–H groups in total. The van der Waals surface area contributed by atoms with Crippen molar-refractivity contribution in [1.82, 2.24) is 9.78 Å². The van der Waals surface area contributed by atoms with Crippen LogP contribution in [0.25, 0.3) is 0 Å². The van der Waals surface area contributed by atoms with Gasteiger partial charge >= 0.3 is 6.18 Å². The Morgan fingerprint density at radius 2 is 2.24 bits per heavy atom. The number of rotatable bonds is 7. The molecule has 0 bridgehead atoms. The third kappa shape index (κ3) is 5.90. The average Bonchev–Trinajstić information content (AvgIpc) is 2.37. The Bertz CT molecular complexity index is 522. The third-order valence-electron chi connectivity index (χ3n) is 2.47. The lowest BCUT2D eigenvalue weighted by molar-refractivity contribution is -0.143. The summed E-state index contributed by atoms with van der Waals surface area (Å²) in [6, 6.07) is 0. The van der Waals surface area contributed by atoms with E-state index in [1.807, 2.05) is 0 Å². The van der Waals surface area contributed by atoms with Gasteiger partial charge in [-0.1, -0.05) is 11.6 Å². The standard InChI is InChI=1S/C11H15ClF3N3O3/c1-21-5-7(19)2-3-16-8-4-17-18(6-11(13,14)15)10(20)9(8)12/h4,7,16,19H,2-3,5-6H2,1H3. The predicted octanol–water partition coefficient (Wildman–Crippen LogP) is 1.27. The monoisotopic (exact) mass is 329 g/mol. The van der Waals surface area contributed by atoms with Crippen LogP contribution in [-0.2, 0) is 11.3 Å². The Labute approximate surface area is 123 Å². The van der Waals surface area contributed by atoms with Crippen molar-refractivity contribution in [3.05, 3.63) is 21.6 Å². The van der Waals surface area contributed by atoms with Crippen molar-refractivity contribution in [3.8, 4) is 0 Å². The number of aromatic nitrogens is 2. The third-order valence-corrected chi connectivity index (χ3v) is 2.83. The van der Waals surface area contributed by atoms with Gasteiger partial charge in [-0.2, -0.15) is 18.3 Å². The Hall–Kier alpha value is -1.32. The van der Waals surface area contributed by atoms with Crippen LogP contribution in [0.1, 0.15) is 6.42 Å². The molecule has 0 spiro atoms. The molecule has 0 saturated carbocycles. The molecule has 1 rings (SSSR count). The van der Waals surface area contributed by atoms with Gasteiger partial charge in [-0.25, -0.2) is 4.68 Å². The van der Waals surface area contributed by atoms with Crippen LogP contribution in [-0.4, -0.2) is 47.4 Å². The number of ether oxygens (including phenoxy) is 1. The summed E-state index contributed by atoms with van der Waals surface area (Å²) in [6.07, 6.45) is -3.90. The normalized spacial score (nSPS) is 13.2. The number of aliphatic hydroxyl groups excluding tert-OH is 1. The van der Waals surface area contributed by atoms with Crippen LogP contribution in [0.4, 0.5) is 18.9 Å². The zero-order valence-electron chi connectivity index (χ0n) is 11.2. The molecule has 0 saturated heterocycles. The van der Waals surface area contributed by atoms with Crippen LogP contribution < -0.4 is 10.9 Å². The minimum atomic E-state index is -4.56. The predicted molar refractivity (Wildman–Crippen MR) is 70.6 cm³/mol. The molecule has 0 radical (unpaired) electrons. The molecule has 0 aliphatic carbocycles. The summed E-state index contributed by atoms with van der Waals surface area (Å²) in [6.45, 7) is -1.09. The van der Waals surface area contributed by atoms with Crippen molar-refractivity contribution >= 4 is 17.3 Å². The first-order valence-corrected chi connectivity index (χ1v) is 6.35. The molecule has 21 heavy (non-hydrogen) atoms. The Morgan fingerprint density at radius 3 is 2.81 bits per heavy atom. The fourth-order valence-electron chi connectivity index (χ4n) is 1.52. The highest BCUT2D eigenvalue weighted by Crippen LogP contribution is 2.19. The number of hydrogen-bond donors (Lipinski definition) is 2. The van der Waals surface area contributed by atoms with Crippen LogP contribution in [0.2, 0.25) is 5.02 Å². The number of hydrogen-bond acceptors (Lipinski definition) is 5. The Kier molecular flexibility index (Phi) is 6.43. The van der Waals surface area contributed by atoms with Crippen molar-refractivity contribution in [2.45, 2.75) is 25.2 Å². The molecule has 1 atom stereocenters. The maximum absolute atomic E-state index is 12.2. The summed E-state index contributed by atoms with van der Waals surface area (Å²) in [5.74, 6) is 0. The van der Waals surface area contributed by atoms with Gasteiger partial charge in [-0.3, -0.25) is 4.79 Å². The SMILES string of the molecule is COCC(O)CCNc1cnn(CC(F)(F)F)c(=O)c1Cl. The topological polar surface area (TPSA) is 76.4 Å². The zero-order chi connectivity index (χ0) is 16.0. The number of halogens is 4. The summed E-state index contributed by atoms with van der Waals surface area (Å²) in [5, 5.41) is 15.2. The van der Waals surface area contributed by atoms with Gasteiger partial charge in [0.1, 0.15) is 11.6 Å². The lowest BCUT2D eigenvalue weighted by atomic mass is 10.2. The highest BCUT2D eigenvalue weighted by atomic mass is 35.5. The van der Waals surface area contributed by atoms with E-state index in [-0.39, 0.29) is 28.5 Å². The first-order chi connectivity index (χ1) is 9.74. The number of nitrogens with one attached hydrogen (secondary N) is 1. The summed E-state index contributed by atoms with van der Waals surface area (Å²) in [5.41, 5.74) is -0.916. The van der Waals surface area contributed by atoms with Crippen LogP contribution in [0, 0.1) is 0 Å². The number of anilines is 1. The molecule has 0 aliphatic heterocycles. The van der Waals surface area contributed by atoms with E-state index in [1.165, 1.54) is 7.11 Å². The van der Waals surface area contributed by atoms with Gasteiger partial charge in [0.25, 0.3) is 5.56 Å². The smallest absolute Gasteiger partial charge is 0.391 e. The molecular formula is C11H15ClF3N3O3. The van der Waals surface area contributed by atoms with E-state index < -0.39 is 24.4 Å². The minimum absolute atomic E-state index is 0.115. The number of alkyl halides is 3. The zero-order valence-corrected chi connectivity index (χ0v) is 11.9. The lowest BCUT2D eigenvalue weighted by Crippen LogP contribution is -2.31. The molecule has 6 nitrogen and oxygen atoms in total. The van der Waals surface area contributed by atoms with Crippen molar-refractivity contribution in [3.63, 3.8) is 0 Å². The fourth-order valence-corrected chi connectivity index (χ4v) is 1.73. The quantitative estimate of drug-likeness (QED) is 0.788. The number of methoxy groups -OCH3 is 1. The van der Waals surface area contributed by atoms with E-state index in [2.05, 4.69) is 10.4 Å². The largest absolute Gasteiger partial charge is 0.408 e. The fraction of sp³-hybridized carbons (Fsp3) is 0.636. The maximum atomic E-state index is 12.2. The van der Waals surface area contributed by atoms with Crippen molar-refractivity contribution in [2.24, 2.45) is 0 Å². The summed E-state index contributed by atoms with van der Waals surface area (Å²) in [7, 11) is 1.44. The lowest BCUT2D eigenvalue weighted by Gasteiger charge is -2.13. The van der Waals surface area contributed by atoms with Gasteiger partial charge in [0.05, 0.1) is 24.6 Å². The van der Waals surface area contributed by atoms with E-state index in [1.54, 1.807) is 0 Å². The average molecular weight is 330 g/mol. The van der Waals surface area contributed by atoms with Gasteiger partial charge < -0.3 is 15.2 Å². The summed E-state index contributed by atoms with van der Waals surface area (Å²) >= 11 is 5.71. The van der Waals surface area contributed by atoms with Gasteiger partial charge in [-0.15, -0.1) is 0 Å². The Morgan fingerprint density at radius 1 is 1.57 bits per heavy atom. The van der Waals surface area contributed by atoms with Crippen molar-refractivity contribution < 1.29 is 23.0 Å². The van der Waals surface area contributed by atoms with Gasteiger partial charge in [-0.05, 0) is 6.42 Å². The van der Waals surface area contributed by atoms with Crippen LogP contribution in [0.15, 0.2) is 11.0 Å². The molecule has 0 aromatic carbocycles. The van der Waals surface area contributed by atoms with E-state index in [4.69, 9.17) is 16.3 Å². The van der Waals surface area contributed by atoms with Crippen LogP contribution in [0.3, 0.4) is 0 Å². The minimum Gasteiger partial charge on any atom is -0.391 e. The van der Waals surface area contributed by atoms with Crippen LogP contribution in [0.5, 0.6) is 0 Å². The summed E-state index contributed by atoms with van der Waals surface area (Å²) < 4.78 is 41.6. The van der Waals surface area contributed by atoms with Gasteiger partial charge in [0, 0.05) is 13.7 Å². The van der Waals surface area contributed by atoms with E-state index in [0.29, 0.717) is 6.42 Å². The molecule has 0 amide bonds. The highest BCUT2D eigenvalue weighted by molar-refractivity contribution is 6.32. The molecule has 1 unspecified atom stereocenters. The molecule has 0 fully saturated rings. The molecule has 1 aromatic heterocycles. The molecule has 1 heterocycles. The van der Waals surface area contributed by atoms with Crippen molar-refractivity contribution in [1.29, 1.82) is 0 Å². The first-order valence-electron chi connectivity index (χ1n) is 5.98. The van der Waals surface area contributed by atoms with E-state index >= 15 is 0 Å². The molecule has 120 valence electrons. The second-order valence-corrected chi connectivity index (χ2v) is 4.65. The first kappa shape index (κ1) is 17.7. The van der Waals surface area contributed by atoms with Crippen LogP contribution >= 0.6 is 11.6 Å². The number of aliphatic hydroxyl groups is 1. The number of nitrogens with zero attached hydrogens (tertiary/aromatic N) is 2. The second kappa shape index (κ2) is 7.62. The van der Waals surface area contributed by atoms with Crippen molar-refractivity contribution in [2.75, 3.05) is 25.6 Å². The van der Waals surface area contributed by atoms with Gasteiger partial charge in [0.15, 0.2) is 0 Å². The molecule has 1 aromatic rings. The molecule has 10 heteroatoms. The second-order valence-electron chi connectivity index (χ2n) is 4.27.